The molecular formula is C23H23N3. The van der Waals surface area contributed by atoms with Crippen LogP contribution in [0.4, 0.5) is 0 Å². The Morgan fingerprint density at radius 1 is 1.15 bits per heavy atom. The van der Waals surface area contributed by atoms with Crippen LogP contribution in [0.15, 0.2) is 54.9 Å². The van der Waals surface area contributed by atoms with E-state index in [2.05, 4.69) is 64.4 Å². The number of aromatic nitrogens is 2. The SMILES string of the molecule is CC(=N)C(Cc1c[nH]c2ccccc12)c1cn2c3c(cccc13)CCC2. The summed E-state index contributed by atoms with van der Waals surface area (Å²) < 4.78 is 2.41. The second-order valence-corrected chi connectivity index (χ2v) is 7.49. The van der Waals surface area contributed by atoms with Crippen molar-refractivity contribution in [2.45, 2.75) is 38.6 Å². The van der Waals surface area contributed by atoms with Crippen molar-refractivity contribution >= 4 is 27.5 Å². The smallest absolute Gasteiger partial charge is 0.0515 e. The molecule has 0 saturated carbocycles. The van der Waals surface area contributed by atoms with Gasteiger partial charge in [-0.1, -0.05) is 36.4 Å². The number of aromatic amines is 1. The summed E-state index contributed by atoms with van der Waals surface area (Å²) >= 11 is 0. The minimum Gasteiger partial charge on any atom is -0.361 e. The molecule has 0 saturated heterocycles. The minimum absolute atomic E-state index is 0.117. The van der Waals surface area contributed by atoms with Crippen LogP contribution in [-0.4, -0.2) is 15.3 Å². The first-order chi connectivity index (χ1) is 12.7. The van der Waals surface area contributed by atoms with E-state index in [1.807, 2.05) is 6.92 Å². The molecule has 1 atom stereocenters. The van der Waals surface area contributed by atoms with Gasteiger partial charge in [0, 0.05) is 46.9 Å². The highest BCUT2D eigenvalue weighted by molar-refractivity contribution is 5.95. The van der Waals surface area contributed by atoms with Crippen molar-refractivity contribution < 1.29 is 0 Å². The zero-order valence-corrected chi connectivity index (χ0v) is 15.0. The Labute approximate surface area is 153 Å². The Bertz CT molecular complexity index is 1130. The van der Waals surface area contributed by atoms with E-state index in [1.165, 1.54) is 44.9 Å². The number of rotatable bonds is 4. The predicted molar refractivity (Wildman–Crippen MR) is 108 cm³/mol. The van der Waals surface area contributed by atoms with Crippen LogP contribution < -0.4 is 0 Å². The van der Waals surface area contributed by atoms with Gasteiger partial charge in [-0.15, -0.1) is 0 Å². The van der Waals surface area contributed by atoms with Gasteiger partial charge in [-0.3, -0.25) is 0 Å². The third kappa shape index (κ3) is 2.31. The number of fused-ring (bicyclic) bond motifs is 1. The lowest BCUT2D eigenvalue weighted by atomic mass is 9.88. The van der Waals surface area contributed by atoms with E-state index >= 15 is 0 Å². The monoisotopic (exact) mass is 341 g/mol. The van der Waals surface area contributed by atoms with Gasteiger partial charge in [-0.25, -0.2) is 0 Å². The van der Waals surface area contributed by atoms with Gasteiger partial charge in [0.1, 0.15) is 0 Å². The molecule has 0 aliphatic carbocycles. The Balaban J connectivity index is 1.64. The molecule has 3 nitrogen and oxygen atoms in total. The fourth-order valence-electron chi connectivity index (χ4n) is 4.58. The van der Waals surface area contributed by atoms with Gasteiger partial charge in [-0.2, -0.15) is 0 Å². The summed E-state index contributed by atoms with van der Waals surface area (Å²) in [6, 6.07) is 15.1. The molecule has 1 unspecified atom stereocenters. The Hall–Kier alpha value is -2.81. The van der Waals surface area contributed by atoms with Gasteiger partial charge in [0.15, 0.2) is 0 Å². The highest BCUT2D eigenvalue weighted by Gasteiger charge is 2.23. The highest BCUT2D eigenvalue weighted by Crippen LogP contribution is 2.36. The average Bonchev–Trinajstić information content (AvgIpc) is 3.23. The van der Waals surface area contributed by atoms with Crippen LogP contribution in [0, 0.1) is 5.41 Å². The normalized spacial score (nSPS) is 14.8. The number of benzene rings is 2. The first-order valence-corrected chi connectivity index (χ1v) is 9.43. The van der Waals surface area contributed by atoms with Gasteiger partial charge in [0.05, 0.1) is 5.52 Å². The van der Waals surface area contributed by atoms with Crippen molar-refractivity contribution in [2.75, 3.05) is 0 Å². The van der Waals surface area contributed by atoms with Crippen LogP contribution >= 0.6 is 0 Å². The molecule has 0 radical (unpaired) electrons. The third-order valence-corrected chi connectivity index (χ3v) is 5.85. The van der Waals surface area contributed by atoms with E-state index in [4.69, 9.17) is 5.41 Å². The van der Waals surface area contributed by atoms with Crippen LogP contribution in [0.1, 0.15) is 36.0 Å². The molecule has 4 aromatic rings. The molecule has 2 aromatic heterocycles. The van der Waals surface area contributed by atoms with Gasteiger partial charge in [0.2, 0.25) is 0 Å². The summed E-state index contributed by atoms with van der Waals surface area (Å²) in [7, 11) is 0. The maximum Gasteiger partial charge on any atom is 0.0515 e. The van der Waals surface area contributed by atoms with Gasteiger partial charge >= 0.3 is 0 Å². The maximum absolute atomic E-state index is 8.49. The number of nitrogens with zero attached hydrogens (tertiary/aromatic N) is 1. The molecule has 0 bridgehead atoms. The molecule has 130 valence electrons. The lowest BCUT2D eigenvalue weighted by Gasteiger charge is -2.15. The Kier molecular flexibility index (Phi) is 3.49. The van der Waals surface area contributed by atoms with E-state index in [0.717, 1.165) is 25.1 Å². The zero-order chi connectivity index (χ0) is 17.7. The number of H-pyrrole nitrogens is 1. The minimum atomic E-state index is 0.117. The first-order valence-electron chi connectivity index (χ1n) is 9.43. The van der Waals surface area contributed by atoms with Crippen molar-refractivity contribution in [1.29, 1.82) is 5.41 Å². The molecule has 0 fully saturated rings. The molecule has 26 heavy (non-hydrogen) atoms. The Morgan fingerprint density at radius 3 is 2.88 bits per heavy atom. The van der Waals surface area contributed by atoms with Crippen molar-refractivity contribution in [2.24, 2.45) is 0 Å². The molecule has 0 amide bonds. The van der Waals surface area contributed by atoms with Crippen LogP contribution in [0.2, 0.25) is 0 Å². The molecule has 1 aliphatic rings. The summed E-state index contributed by atoms with van der Waals surface area (Å²) in [5.41, 5.74) is 7.35. The maximum atomic E-state index is 8.49. The fraction of sp³-hybridized carbons (Fsp3) is 0.261. The van der Waals surface area contributed by atoms with Crippen molar-refractivity contribution in [1.82, 2.24) is 9.55 Å². The second kappa shape index (κ2) is 5.87. The summed E-state index contributed by atoms with van der Waals surface area (Å²) in [5.74, 6) is 0.117. The second-order valence-electron chi connectivity index (χ2n) is 7.49. The molecule has 0 spiro atoms. The summed E-state index contributed by atoms with van der Waals surface area (Å²) in [6.45, 7) is 3.04. The van der Waals surface area contributed by atoms with Crippen LogP contribution in [0.25, 0.3) is 21.8 Å². The van der Waals surface area contributed by atoms with E-state index < -0.39 is 0 Å². The zero-order valence-electron chi connectivity index (χ0n) is 15.0. The fourth-order valence-corrected chi connectivity index (χ4v) is 4.58. The summed E-state index contributed by atoms with van der Waals surface area (Å²) in [5, 5.41) is 11.1. The number of para-hydroxylation sites is 2. The molecular weight excluding hydrogens is 318 g/mol. The quantitative estimate of drug-likeness (QED) is 0.465. The van der Waals surface area contributed by atoms with Crippen molar-refractivity contribution in [3.05, 3.63) is 71.5 Å². The average molecular weight is 341 g/mol. The van der Waals surface area contributed by atoms with Gasteiger partial charge < -0.3 is 15.0 Å². The highest BCUT2D eigenvalue weighted by atomic mass is 15.0. The van der Waals surface area contributed by atoms with E-state index in [-0.39, 0.29) is 5.92 Å². The molecule has 2 aromatic carbocycles. The molecule has 3 heterocycles. The number of hydrogen-bond acceptors (Lipinski definition) is 1. The van der Waals surface area contributed by atoms with Crippen molar-refractivity contribution in [3.8, 4) is 0 Å². The lowest BCUT2D eigenvalue weighted by molar-refractivity contribution is 0.633. The topological polar surface area (TPSA) is 44.6 Å². The van der Waals surface area contributed by atoms with Crippen LogP contribution in [0.5, 0.6) is 0 Å². The molecule has 5 rings (SSSR count). The standard InChI is InChI=1S/C23H23N3/c1-15(24)20(12-17-13-25-22-10-3-2-8-18(17)22)21-14-26-11-5-7-16-6-4-9-19(21)23(16)26/h2-4,6,8-10,13-14,20,24-25H,5,7,11-12H2,1H3. The largest absolute Gasteiger partial charge is 0.361 e. The summed E-state index contributed by atoms with van der Waals surface area (Å²) in [6.07, 6.45) is 7.66. The van der Waals surface area contributed by atoms with E-state index in [9.17, 15) is 0 Å². The van der Waals surface area contributed by atoms with Gasteiger partial charge in [0.25, 0.3) is 0 Å². The number of aryl methyl sites for hydroxylation is 2. The van der Waals surface area contributed by atoms with E-state index in [0.29, 0.717) is 0 Å². The summed E-state index contributed by atoms with van der Waals surface area (Å²) in [4.78, 5) is 3.38. The third-order valence-electron chi connectivity index (χ3n) is 5.85. The first kappa shape index (κ1) is 15.4. The van der Waals surface area contributed by atoms with Crippen molar-refractivity contribution in [3.63, 3.8) is 0 Å². The lowest BCUT2D eigenvalue weighted by Crippen LogP contribution is -2.11. The Morgan fingerprint density at radius 2 is 2.00 bits per heavy atom. The predicted octanol–water partition coefficient (Wildman–Crippen LogP) is 5.43. The molecule has 3 heteroatoms. The number of nitrogens with one attached hydrogen (secondary N) is 2. The van der Waals surface area contributed by atoms with Crippen LogP contribution in [0.3, 0.4) is 0 Å². The number of hydrogen-bond donors (Lipinski definition) is 2. The van der Waals surface area contributed by atoms with Crippen LogP contribution in [-0.2, 0) is 19.4 Å². The van der Waals surface area contributed by atoms with Gasteiger partial charge in [-0.05, 0) is 48.9 Å². The molecule has 2 N–H and O–H groups in total. The van der Waals surface area contributed by atoms with E-state index in [1.54, 1.807) is 0 Å². The molecule has 1 aliphatic heterocycles.